The van der Waals surface area contributed by atoms with Crippen molar-refractivity contribution in [2.75, 3.05) is 18.4 Å². The minimum atomic E-state index is -0.310. The third kappa shape index (κ3) is 3.95. The largest absolute Gasteiger partial charge is 0.373 e. The molecule has 1 aromatic rings. The molecule has 110 valence electrons. The van der Waals surface area contributed by atoms with Crippen LogP contribution in [0.5, 0.6) is 0 Å². The minimum absolute atomic E-state index is 0.114. The Morgan fingerprint density at radius 3 is 2.55 bits per heavy atom. The fourth-order valence-corrected chi connectivity index (χ4v) is 2.93. The predicted octanol–water partition coefficient (Wildman–Crippen LogP) is 3.79. The molecule has 0 aromatic heterocycles. The standard InChI is InChI=1S/C15H20BrFN2O/c1-11(15(20)19-8-4-2-3-5-9-19)18-14-7-6-12(17)10-13(14)16/h6-7,10-11,18H,2-5,8-9H2,1H3. The lowest BCUT2D eigenvalue weighted by Crippen LogP contribution is -2.41. The summed E-state index contributed by atoms with van der Waals surface area (Å²) in [6.45, 7) is 3.54. The Balaban J connectivity index is 1.99. The smallest absolute Gasteiger partial charge is 0.244 e. The van der Waals surface area contributed by atoms with Gasteiger partial charge in [-0.25, -0.2) is 4.39 Å². The van der Waals surface area contributed by atoms with Crippen LogP contribution in [-0.2, 0) is 4.79 Å². The number of anilines is 1. The summed E-state index contributed by atoms with van der Waals surface area (Å²) in [7, 11) is 0. The number of amides is 1. The Labute approximate surface area is 127 Å². The van der Waals surface area contributed by atoms with Gasteiger partial charge in [0.15, 0.2) is 0 Å². The maximum absolute atomic E-state index is 13.0. The zero-order chi connectivity index (χ0) is 14.5. The van der Waals surface area contributed by atoms with Crippen molar-refractivity contribution in [1.29, 1.82) is 0 Å². The number of nitrogens with one attached hydrogen (secondary N) is 1. The highest BCUT2D eigenvalue weighted by Gasteiger charge is 2.21. The first-order chi connectivity index (χ1) is 9.58. The van der Waals surface area contributed by atoms with Gasteiger partial charge in [-0.15, -0.1) is 0 Å². The van der Waals surface area contributed by atoms with E-state index in [4.69, 9.17) is 0 Å². The van der Waals surface area contributed by atoms with Crippen LogP contribution in [0.3, 0.4) is 0 Å². The van der Waals surface area contributed by atoms with Crippen molar-refractivity contribution in [1.82, 2.24) is 4.90 Å². The summed E-state index contributed by atoms with van der Waals surface area (Å²) in [6.07, 6.45) is 4.57. The first-order valence-electron chi connectivity index (χ1n) is 7.08. The van der Waals surface area contributed by atoms with E-state index in [1.165, 1.54) is 25.0 Å². The molecule has 20 heavy (non-hydrogen) atoms. The Hall–Kier alpha value is -1.10. The molecule has 5 heteroatoms. The number of halogens is 2. The minimum Gasteiger partial charge on any atom is -0.373 e. The normalized spacial score (nSPS) is 17.4. The van der Waals surface area contributed by atoms with Gasteiger partial charge in [-0.1, -0.05) is 12.8 Å². The molecule has 1 fully saturated rings. The van der Waals surface area contributed by atoms with Crippen LogP contribution in [0.2, 0.25) is 0 Å². The van der Waals surface area contributed by atoms with E-state index in [0.717, 1.165) is 31.6 Å². The summed E-state index contributed by atoms with van der Waals surface area (Å²) in [5.74, 6) is -0.183. The van der Waals surface area contributed by atoms with E-state index < -0.39 is 0 Å². The summed E-state index contributed by atoms with van der Waals surface area (Å²) in [6, 6.07) is 4.11. The maximum atomic E-state index is 13.0. The summed E-state index contributed by atoms with van der Waals surface area (Å²) >= 11 is 3.31. The lowest BCUT2D eigenvalue weighted by molar-refractivity contribution is -0.131. The van der Waals surface area contributed by atoms with E-state index in [0.29, 0.717) is 4.47 Å². The molecule has 1 amide bonds. The molecule has 1 aromatic carbocycles. The van der Waals surface area contributed by atoms with Crippen LogP contribution in [-0.4, -0.2) is 29.9 Å². The molecule has 0 bridgehead atoms. The van der Waals surface area contributed by atoms with Crippen molar-refractivity contribution in [2.24, 2.45) is 0 Å². The number of likely N-dealkylation sites (tertiary alicyclic amines) is 1. The fraction of sp³-hybridized carbons (Fsp3) is 0.533. The molecule has 1 saturated heterocycles. The first-order valence-corrected chi connectivity index (χ1v) is 7.87. The Bertz CT molecular complexity index is 473. The molecule has 3 nitrogen and oxygen atoms in total. The van der Waals surface area contributed by atoms with Crippen molar-refractivity contribution in [3.63, 3.8) is 0 Å². The number of carbonyl (C=O) groups excluding carboxylic acids is 1. The van der Waals surface area contributed by atoms with Crippen molar-refractivity contribution in [2.45, 2.75) is 38.6 Å². The molecule has 0 spiro atoms. The van der Waals surface area contributed by atoms with Gasteiger partial charge >= 0.3 is 0 Å². The maximum Gasteiger partial charge on any atom is 0.244 e. The number of hydrogen-bond donors (Lipinski definition) is 1. The topological polar surface area (TPSA) is 32.3 Å². The summed E-state index contributed by atoms with van der Waals surface area (Å²) in [5.41, 5.74) is 0.738. The summed E-state index contributed by atoms with van der Waals surface area (Å²) in [5, 5.41) is 3.15. The molecule has 1 aliphatic heterocycles. The van der Waals surface area contributed by atoms with Crippen LogP contribution >= 0.6 is 15.9 Å². The second kappa shape index (κ2) is 7.07. The van der Waals surface area contributed by atoms with Crippen molar-refractivity contribution >= 4 is 27.5 Å². The molecule has 2 rings (SSSR count). The molecule has 1 unspecified atom stereocenters. The van der Waals surface area contributed by atoms with Crippen LogP contribution in [0.15, 0.2) is 22.7 Å². The van der Waals surface area contributed by atoms with Crippen LogP contribution in [0, 0.1) is 5.82 Å². The molecule has 0 aliphatic carbocycles. The van der Waals surface area contributed by atoms with Gasteiger partial charge in [-0.2, -0.15) is 0 Å². The number of hydrogen-bond acceptors (Lipinski definition) is 2. The van der Waals surface area contributed by atoms with E-state index in [9.17, 15) is 9.18 Å². The third-order valence-electron chi connectivity index (χ3n) is 3.59. The van der Waals surface area contributed by atoms with Gasteiger partial charge in [-0.05, 0) is 53.9 Å². The van der Waals surface area contributed by atoms with Gasteiger partial charge < -0.3 is 10.2 Å². The molecule has 1 heterocycles. The monoisotopic (exact) mass is 342 g/mol. The lowest BCUT2D eigenvalue weighted by atomic mass is 10.2. The van der Waals surface area contributed by atoms with E-state index in [-0.39, 0.29) is 17.8 Å². The van der Waals surface area contributed by atoms with E-state index in [1.54, 1.807) is 6.07 Å². The Morgan fingerprint density at radius 2 is 1.95 bits per heavy atom. The van der Waals surface area contributed by atoms with E-state index in [1.807, 2.05) is 11.8 Å². The average Bonchev–Trinajstić information content (AvgIpc) is 2.70. The summed E-state index contributed by atoms with van der Waals surface area (Å²) < 4.78 is 13.7. The number of rotatable bonds is 3. The molecule has 1 atom stereocenters. The molecule has 1 N–H and O–H groups in total. The second-order valence-electron chi connectivity index (χ2n) is 5.23. The van der Waals surface area contributed by atoms with Gasteiger partial charge in [0, 0.05) is 23.2 Å². The van der Waals surface area contributed by atoms with Crippen molar-refractivity contribution in [3.05, 3.63) is 28.5 Å². The molecule has 1 aliphatic rings. The zero-order valence-electron chi connectivity index (χ0n) is 11.7. The second-order valence-corrected chi connectivity index (χ2v) is 6.08. The van der Waals surface area contributed by atoms with Gasteiger partial charge in [0.1, 0.15) is 11.9 Å². The number of benzene rings is 1. The molecular formula is C15H20BrFN2O. The zero-order valence-corrected chi connectivity index (χ0v) is 13.2. The Kier molecular flexibility index (Phi) is 5.40. The van der Waals surface area contributed by atoms with E-state index in [2.05, 4.69) is 21.2 Å². The summed E-state index contributed by atoms with van der Waals surface area (Å²) in [4.78, 5) is 14.3. The van der Waals surface area contributed by atoms with Crippen LogP contribution < -0.4 is 5.32 Å². The van der Waals surface area contributed by atoms with Crippen LogP contribution in [0.1, 0.15) is 32.6 Å². The first kappa shape index (κ1) is 15.3. The SMILES string of the molecule is CC(Nc1ccc(F)cc1Br)C(=O)N1CCCCCC1. The number of nitrogens with zero attached hydrogens (tertiary/aromatic N) is 1. The number of carbonyl (C=O) groups is 1. The van der Waals surface area contributed by atoms with Crippen molar-refractivity contribution < 1.29 is 9.18 Å². The highest BCUT2D eigenvalue weighted by molar-refractivity contribution is 9.10. The predicted molar refractivity (Wildman–Crippen MR) is 82.2 cm³/mol. The molecule has 0 radical (unpaired) electrons. The Morgan fingerprint density at radius 1 is 1.30 bits per heavy atom. The van der Waals surface area contributed by atoms with Crippen molar-refractivity contribution in [3.8, 4) is 0 Å². The molecule has 0 saturated carbocycles. The lowest BCUT2D eigenvalue weighted by Gasteiger charge is -2.25. The van der Waals surface area contributed by atoms with E-state index >= 15 is 0 Å². The van der Waals surface area contributed by atoms with Gasteiger partial charge in [0.2, 0.25) is 5.91 Å². The third-order valence-corrected chi connectivity index (χ3v) is 4.25. The van der Waals surface area contributed by atoms with Crippen LogP contribution in [0.4, 0.5) is 10.1 Å². The fourth-order valence-electron chi connectivity index (χ4n) is 2.47. The van der Waals surface area contributed by atoms with Gasteiger partial charge in [0.25, 0.3) is 0 Å². The van der Waals surface area contributed by atoms with Crippen LogP contribution in [0.25, 0.3) is 0 Å². The molecular weight excluding hydrogens is 323 g/mol. The highest BCUT2D eigenvalue weighted by atomic mass is 79.9. The average molecular weight is 343 g/mol. The van der Waals surface area contributed by atoms with Gasteiger partial charge in [-0.3, -0.25) is 4.79 Å². The van der Waals surface area contributed by atoms with Gasteiger partial charge in [0.05, 0.1) is 0 Å². The quantitative estimate of drug-likeness (QED) is 0.906. The highest BCUT2D eigenvalue weighted by Crippen LogP contribution is 2.24.